The number of nitrogens with zero attached hydrogens (tertiary/aromatic N) is 4. The van der Waals surface area contributed by atoms with Gasteiger partial charge in [-0.15, -0.1) is 0 Å². The first-order chi connectivity index (χ1) is 12.0. The van der Waals surface area contributed by atoms with Crippen molar-refractivity contribution >= 4 is 43.9 Å². The van der Waals surface area contributed by atoms with E-state index in [2.05, 4.69) is 26.9 Å². The van der Waals surface area contributed by atoms with Gasteiger partial charge in [-0.25, -0.2) is 0 Å². The number of halogens is 1. The molecule has 9 heteroatoms. The molecule has 1 fully saturated rings. The minimum Gasteiger partial charge on any atom is -0.367 e. The Labute approximate surface area is 156 Å². The van der Waals surface area contributed by atoms with Crippen molar-refractivity contribution in [2.45, 2.75) is 0 Å². The van der Waals surface area contributed by atoms with Gasteiger partial charge in [-0.05, 0) is 40.2 Å². The van der Waals surface area contributed by atoms with Crippen LogP contribution in [0, 0.1) is 21.4 Å². The maximum absolute atomic E-state index is 12.5. The predicted octanol–water partition coefficient (Wildman–Crippen LogP) is 3.25. The lowest BCUT2D eigenvalue weighted by atomic mass is 10.2. The highest BCUT2D eigenvalue weighted by molar-refractivity contribution is 9.10. The molecule has 0 N–H and O–H groups in total. The Kier molecular flexibility index (Phi) is 5.01. The minimum atomic E-state index is -0.484. The second-order valence-corrected chi connectivity index (χ2v) is 7.37. The number of benzene rings is 1. The SMILES string of the molecule is N#Cc1ccc(N2CCN(C(=O)c3ccc([N+](=O)[O-])s3)CC2)c(Br)c1. The van der Waals surface area contributed by atoms with Crippen molar-refractivity contribution in [1.82, 2.24) is 4.90 Å². The average Bonchev–Trinajstić information content (AvgIpc) is 3.11. The number of thiophene rings is 1. The number of hydrogen-bond donors (Lipinski definition) is 0. The largest absolute Gasteiger partial charge is 0.367 e. The summed E-state index contributed by atoms with van der Waals surface area (Å²) in [6.07, 6.45) is 0. The van der Waals surface area contributed by atoms with E-state index in [1.807, 2.05) is 6.07 Å². The number of carbonyl (C=O) groups is 1. The molecular formula is C16H13BrN4O3S. The van der Waals surface area contributed by atoms with Crippen molar-refractivity contribution in [3.63, 3.8) is 0 Å². The molecule has 0 aliphatic carbocycles. The smallest absolute Gasteiger partial charge is 0.324 e. The molecule has 2 aromatic rings. The fraction of sp³-hybridized carbons (Fsp3) is 0.250. The molecule has 0 unspecified atom stereocenters. The summed E-state index contributed by atoms with van der Waals surface area (Å²) in [4.78, 5) is 27.0. The van der Waals surface area contributed by atoms with E-state index in [9.17, 15) is 14.9 Å². The first kappa shape index (κ1) is 17.4. The topological polar surface area (TPSA) is 90.5 Å². The van der Waals surface area contributed by atoms with Crippen molar-refractivity contribution in [3.8, 4) is 6.07 Å². The van der Waals surface area contributed by atoms with Gasteiger partial charge in [0.15, 0.2) is 0 Å². The van der Waals surface area contributed by atoms with Crippen molar-refractivity contribution in [3.05, 3.63) is 55.4 Å². The van der Waals surface area contributed by atoms with Crippen LogP contribution in [-0.4, -0.2) is 41.9 Å². The van der Waals surface area contributed by atoms with E-state index >= 15 is 0 Å². The maximum atomic E-state index is 12.5. The molecule has 0 bridgehead atoms. The monoisotopic (exact) mass is 420 g/mol. The lowest BCUT2D eigenvalue weighted by Crippen LogP contribution is -2.48. The molecular weight excluding hydrogens is 408 g/mol. The quantitative estimate of drug-likeness (QED) is 0.561. The summed E-state index contributed by atoms with van der Waals surface area (Å²) in [5.74, 6) is -0.170. The number of amides is 1. The lowest BCUT2D eigenvalue weighted by molar-refractivity contribution is -0.380. The molecule has 1 aliphatic heterocycles. The van der Waals surface area contributed by atoms with Crippen LogP contribution in [0.4, 0.5) is 10.7 Å². The third-order valence-electron chi connectivity index (χ3n) is 3.97. The highest BCUT2D eigenvalue weighted by Gasteiger charge is 2.25. The van der Waals surface area contributed by atoms with E-state index < -0.39 is 4.92 Å². The number of hydrogen-bond acceptors (Lipinski definition) is 6. The Morgan fingerprint density at radius 2 is 1.96 bits per heavy atom. The standard InChI is InChI=1S/C16H13BrN4O3S/c17-12-9-11(10-18)1-2-13(12)19-5-7-20(8-6-19)16(22)14-3-4-15(25-14)21(23)24/h1-4,9H,5-8H2. The summed E-state index contributed by atoms with van der Waals surface area (Å²) in [7, 11) is 0. The van der Waals surface area contributed by atoms with Gasteiger partial charge < -0.3 is 9.80 Å². The number of rotatable bonds is 3. The molecule has 3 rings (SSSR count). The van der Waals surface area contributed by atoms with Gasteiger partial charge in [-0.2, -0.15) is 5.26 Å². The maximum Gasteiger partial charge on any atom is 0.324 e. The zero-order valence-corrected chi connectivity index (χ0v) is 15.4. The van der Waals surface area contributed by atoms with E-state index in [4.69, 9.17) is 5.26 Å². The van der Waals surface area contributed by atoms with Crippen LogP contribution >= 0.6 is 27.3 Å². The molecule has 1 aromatic heterocycles. The van der Waals surface area contributed by atoms with Crippen LogP contribution in [0.3, 0.4) is 0 Å². The number of nitriles is 1. The van der Waals surface area contributed by atoms with Crippen LogP contribution in [0.2, 0.25) is 0 Å². The van der Waals surface area contributed by atoms with Gasteiger partial charge in [0.25, 0.3) is 5.91 Å². The van der Waals surface area contributed by atoms with E-state index in [-0.39, 0.29) is 10.9 Å². The van der Waals surface area contributed by atoms with Crippen molar-refractivity contribution < 1.29 is 9.72 Å². The molecule has 0 saturated carbocycles. The van der Waals surface area contributed by atoms with Gasteiger partial charge in [-0.1, -0.05) is 11.3 Å². The summed E-state index contributed by atoms with van der Waals surface area (Å²) in [6, 6.07) is 10.4. The van der Waals surface area contributed by atoms with E-state index in [1.54, 1.807) is 17.0 Å². The highest BCUT2D eigenvalue weighted by Crippen LogP contribution is 2.29. The Hall–Kier alpha value is -2.44. The fourth-order valence-corrected chi connectivity index (χ4v) is 4.10. The van der Waals surface area contributed by atoms with E-state index in [0.29, 0.717) is 36.6 Å². The summed E-state index contributed by atoms with van der Waals surface area (Å²) < 4.78 is 0.847. The number of nitro groups is 1. The molecule has 25 heavy (non-hydrogen) atoms. The van der Waals surface area contributed by atoms with Crippen LogP contribution in [-0.2, 0) is 0 Å². The van der Waals surface area contributed by atoms with Crippen LogP contribution in [0.25, 0.3) is 0 Å². The van der Waals surface area contributed by atoms with E-state index in [0.717, 1.165) is 21.5 Å². The molecule has 1 aromatic carbocycles. The normalized spacial score (nSPS) is 14.2. The molecule has 1 saturated heterocycles. The summed E-state index contributed by atoms with van der Waals surface area (Å²) in [5.41, 5.74) is 1.57. The molecule has 1 amide bonds. The second-order valence-electron chi connectivity index (χ2n) is 5.45. The second kappa shape index (κ2) is 7.21. The Bertz CT molecular complexity index is 869. The summed E-state index contributed by atoms with van der Waals surface area (Å²) in [6.45, 7) is 2.39. The van der Waals surface area contributed by atoms with Gasteiger partial charge in [0.05, 0.1) is 27.1 Å². The predicted molar refractivity (Wildman–Crippen MR) is 97.9 cm³/mol. The van der Waals surface area contributed by atoms with Gasteiger partial charge in [0.1, 0.15) is 0 Å². The molecule has 2 heterocycles. The Morgan fingerprint density at radius 3 is 2.52 bits per heavy atom. The lowest BCUT2D eigenvalue weighted by Gasteiger charge is -2.36. The van der Waals surface area contributed by atoms with Crippen LogP contribution in [0.15, 0.2) is 34.8 Å². The molecule has 0 radical (unpaired) electrons. The molecule has 0 atom stereocenters. The third kappa shape index (κ3) is 3.65. The molecule has 0 spiro atoms. The number of carbonyl (C=O) groups excluding carboxylic acids is 1. The van der Waals surface area contributed by atoms with Gasteiger partial charge in [-0.3, -0.25) is 14.9 Å². The summed E-state index contributed by atoms with van der Waals surface area (Å²) in [5, 5.41) is 19.7. The zero-order valence-electron chi connectivity index (χ0n) is 13.0. The highest BCUT2D eigenvalue weighted by atomic mass is 79.9. The summed E-state index contributed by atoms with van der Waals surface area (Å²) >= 11 is 4.39. The number of piperazine rings is 1. The van der Waals surface area contributed by atoms with Crippen molar-refractivity contribution in [2.24, 2.45) is 0 Å². The van der Waals surface area contributed by atoms with Crippen molar-refractivity contribution in [2.75, 3.05) is 31.1 Å². The fourth-order valence-electron chi connectivity index (χ4n) is 2.68. The van der Waals surface area contributed by atoms with Crippen LogP contribution < -0.4 is 4.90 Å². The number of anilines is 1. The van der Waals surface area contributed by atoms with Crippen LogP contribution in [0.5, 0.6) is 0 Å². The van der Waals surface area contributed by atoms with Gasteiger partial charge in [0, 0.05) is 36.7 Å². The zero-order chi connectivity index (χ0) is 18.0. The third-order valence-corrected chi connectivity index (χ3v) is 5.63. The molecule has 128 valence electrons. The first-order valence-corrected chi connectivity index (χ1v) is 9.08. The van der Waals surface area contributed by atoms with Crippen LogP contribution in [0.1, 0.15) is 15.2 Å². The van der Waals surface area contributed by atoms with Crippen molar-refractivity contribution in [1.29, 1.82) is 5.26 Å². The average molecular weight is 421 g/mol. The van der Waals surface area contributed by atoms with E-state index in [1.165, 1.54) is 12.1 Å². The Balaban J connectivity index is 1.66. The molecule has 7 nitrogen and oxygen atoms in total. The van der Waals surface area contributed by atoms with Gasteiger partial charge in [0.2, 0.25) is 0 Å². The molecule has 1 aliphatic rings. The minimum absolute atomic E-state index is 0.0245. The van der Waals surface area contributed by atoms with Gasteiger partial charge >= 0.3 is 5.00 Å². The Morgan fingerprint density at radius 1 is 1.24 bits per heavy atom. The first-order valence-electron chi connectivity index (χ1n) is 7.47.